The summed E-state index contributed by atoms with van der Waals surface area (Å²) in [7, 11) is -3.49. The highest BCUT2D eigenvalue weighted by Crippen LogP contribution is 2.54. The first-order valence-corrected chi connectivity index (χ1v) is 8.92. The Kier molecular flexibility index (Phi) is 5.71. The van der Waals surface area contributed by atoms with Crippen LogP contribution in [0.5, 0.6) is 6.01 Å². The lowest BCUT2D eigenvalue weighted by Crippen LogP contribution is -2.22. The molecule has 1 aromatic carbocycles. The largest absolute Gasteiger partial charge is 0.463 e. The zero-order chi connectivity index (χ0) is 18.1. The van der Waals surface area contributed by atoms with Gasteiger partial charge in [0.05, 0.1) is 17.7 Å². The lowest BCUT2D eigenvalue weighted by Gasteiger charge is -2.19. The number of fused-ring (bicyclic) bond motifs is 1. The molecular formula is C14H16BrF2N2O4P. The number of nitrogens with zero attached hydrogens (tertiary/aromatic N) is 2. The van der Waals surface area contributed by atoms with Crippen LogP contribution in [0.4, 0.5) is 8.78 Å². The number of alkyl halides is 2. The smallest absolute Gasteiger partial charge is 0.340 e. The molecule has 0 aliphatic rings. The van der Waals surface area contributed by atoms with Gasteiger partial charge in [0.2, 0.25) is 8.38 Å². The lowest BCUT2D eigenvalue weighted by atomic mass is 10.1. The molecule has 132 valence electrons. The molecule has 1 aromatic heterocycles. The van der Waals surface area contributed by atoms with Crippen LogP contribution in [0.3, 0.4) is 0 Å². The van der Waals surface area contributed by atoms with E-state index in [1.807, 2.05) is 0 Å². The van der Waals surface area contributed by atoms with Crippen LogP contribution in [0.15, 0.2) is 22.8 Å². The quantitative estimate of drug-likeness (QED) is 0.615. The molecule has 0 unspecified atom stereocenters. The maximum absolute atomic E-state index is 13.9. The third-order valence-corrected chi connectivity index (χ3v) is 4.57. The number of benzene rings is 1. The van der Waals surface area contributed by atoms with E-state index in [4.69, 9.17) is 14.5 Å². The third kappa shape index (κ3) is 4.55. The van der Waals surface area contributed by atoms with Gasteiger partial charge in [0.1, 0.15) is 0 Å². The van der Waals surface area contributed by atoms with Crippen LogP contribution in [0, 0.1) is 0 Å². The number of hydrogen-bond acceptors (Lipinski definition) is 6. The SMILES string of the molecule is CC(C)(O)CCOc1ncc2cc(Br)c(C(F)(F)P(O)O)cc2n1. The van der Waals surface area contributed by atoms with Gasteiger partial charge in [-0.3, -0.25) is 0 Å². The van der Waals surface area contributed by atoms with Crippen molar-refractivity contribution in [2.75, 3.05) is 6.61 Å². The van der Waals surface area contributed by atoms with Gasteiger partial charge in [-0.1, -0.05) is 15.9 Å². The highest BCUT2D eigenvalue weighted by atomic mass is 79.9. The fourth-order valence-electron chi connectivity index (χ4n) is 1.83. The van der Waals surface area contributed by atoms with Gasteiger partial charge in [0.25, 0.3) is 0 Å². The van der Waals surface area contributed by atoms with Crippen molar-refractivity contribution >= 4 is 35.2 Å². The maximum Gasteiger partial charge on any atom is 0.340 e. The molecule has 10 heteroatoms. The molecule has 3 N–H and O–H groups in total. The third-order valence-electron chi connectivity index (χ3n) is 3.17. The van der Waals surface area contributed by atoms with E-state index in [0.29, 0.717) is 11.8 Å². The van der Waals surface area contributed by atoms with Crippen LogP contribution in [0.25, 0.3) is 10.9 Å². The van der Waals surface area contributed by atoms with E-state index >= 15 is 0 Å². The molecule has 0 saturated carbocycles. The van der Waals surface area contributed by atoms with E-state index in [1.165, 1.54) is 12.3 Å². The van der Waals surface area contributed by atoms with Crippen LogP contribution in [-0.4, -0.2) is 37.1 Å². The van der Waals surface area contributed by atoms with Gasteiger partial charge in [-0.15, -0.1) is 0 Å². The van der Waals surface area contributed by atoms with Crippen LogP contribution >= 0.6 is 24.3 Å². The van der Waals surface area contributed by atoms with Crippen molar-refractivity contribution in [3.63, 3.8) is 0 Å². The Balaban J connectivity index is 2.32. The molecule has 2 aromatic rings. The van der Waals surface area contributed by atoms with Crippen molar-refractivity contribution in [1.29, 1.82) is 0 Å². The van der Waals surface area contributed by atoms with Gasteiger partial charge in [-0.05, 0) is 26.0 Å². The average Bonchev–Trinajstić information content (AvgIpc) is 2.45. The predicted octanol–water partition coefficient (Wildman–Crippen LogP) is 3.28. The topological polar surface area (TPSA) is 95.7 Å². The summed E-state index contributed by atoms with van der Waals surface area (Å²) >= 11 is 3.00. The summed E-state index contributed by atoms with van der Waals surface area (Å²) in [5.74, 6) is 0. The molecule has 1 heterocycles. The number of rotatable bonds is 6. The Morgan fingerprint density at radius 1 is 1.29 bits per heavy atom. The Labute approximate surface area is 146 Å². The molecule has 0 fully saturated rings. The lowest BCUT2D eigenvalue weighted by molar-refractivity contribution is 0.0540. The number of halogens is 3. The van der Waals surface area contributed by atoms with Gasteiger partial charge in [-0.25, -0.2) is 4.98 Å². The summed E-state index contributed by atoms with van der Waals surface area (Å²) in [6.07, 6.45) is 1.76. The number of hydrogen-bond donors (Lipinski definition) is 3. The van der Waals surface area contributed by atoms with Crippen LogP contribution in [0.1, 0.15) is 25.8 Å². The van der Waals surface area contributed by atoms with Crippen molar-refractivity contribution in [1.82, 2.24) is 9.97 Å². The standard InChI is InChI=1S/C14H16BrF2N2O4P/c1-13(2,20)3-4-23-12-18-7-8-5-10(15)9(6-11(8)19-12)14(16,17)24(21)22/h5-7,20-22H,3-4H2,1-2H3. The molecular weight excluding hydrogens is 409 g/mol. The fourth-order valence-corrected chi connectivity index (χ4v) is 3.00. The number of ether oxygens (including phenoxy) is 1. The molecule has 2 rings (SSSR count). The first-order chi connectivity index (χ1) is 11.0. The van der Waals surface area contributed by atoms with Crippen molar-refractivity contribution < 1.29 is 28.4 Å². The zero-order valence-electron chi connectivity index (χ0n) is 12.9. The van der Waals surface area contributed by atoms with E-state index in [1.54, 1.807) is 13.8 Å². The minimum absolute atomic E-state index is 0.0152. The van der Waals surface area contributed by atoms with Gasteiger partial charge in [0, 0.05) is 28.0 Å². The van der Waals surface area contributed by atoms with E-state index < -0.39 is 25.2 Å². The average molecular weight is 425 g/mol. The second kappa shape index (κ2) is 7.09. The summed E-state index contributed by atoms with van der Waals surface area (Å²) in [6.45, 7) is 3.42. The van der Waals surface area contributed by atoms with Gasteiger partial charge in [0.15, 0.2) is 0 Å². The first-order valence-electron chi connectivity index (χ1n) is 6.88. The summed E-state index contributed by atoms with van der Waals surface area (Å²) < 4.78 is 33.1. The molecule has 0 spiro atoms. The van der Waals surface area contributed by atoms with E-state index in [9.17, 15) is 13.9 Å². The predicted molar refractivity (Wildman–Crippen MR) is 88.9 cm³/mol. The normalized spacial score (nSPS) is 12.9. The van der Waals surface area contributed by atoms with Crippen LogP contribution in [0.2, 0.25) is 0 Å². The Bertz CT molecular complexity index is 741. The number of aromatic nitrogens is 2. The van der Waals surface area contributed by atoms with Gasteiger partial charge < -0.3 is 19.6 Å². The summed E-state index contributed by atoms with van der Waals surface area (Å²) in [4.78, 5) is 25.9. The van der Waals surface area contributed by atoms with Crippen molar-refractivity contribution in [2.45, 2.75) is 31.5 Å². The van der Waals surface area contributed by atoms with Gasteiger partial charge in [-0.2, -0.15) is 13.8 Å². The second-order valence-corrected chi connectivity index (χ2v) is 7.78. The van der Waals surface area contributed by atoms with Crippen molar-refractivity contribution in [2.24, 2.45) is 0 Å². The summed E-state index contributed by atoms with van der Waals surface area (Å²) in [6, 6.07) is 2.42. The van der Waals surface area contributed by atoms with Crippen molar-refractivity contribution in [3.8, 4) is 6.01 Å². The maximum atomic E-state index is 13.9. The molecule has 0 amide bonds. The van der Waals surface area contributed by atoms with Gasteiger partial charge >= 0.3 is 11.7 Å². The minimum Gasteiger partial charge on any atom is -0.463 e. The highest BCUT2D eigenvalue weighted by Gasteiger charge is 2.42. The molecule has 0 saturated heterocycles. The van der Waals surface area contributed by atoms with Crippen LogP contribution < -0.4 is 4.74 Å². The fraction of sp³-hybridized carbons (Fsp3) is 0.429. The Morgan fingerprint density at radius 2 is 1.96 bits per heavy atom. The molecule has 0 radical (unpaired) electrons. The molecule has 6 nitrogen and oxygen atoms in total. The summed E-state index contributed by atoms with van der Waals surface area (Å²) in [5, 5.41) is 10.1. The Hall–Kier alpha value is -0.990. The Morgan fingerprint density at radius 3 is 2.54 bits per heavy atom. The first kappa shape index (κ1) is 19.3. The molecule has 0 aliphatic carbocycles. The highest BCUT2D eigenvalue weighted by molar-refractivity contribution is 9.10. The van der Waals surface area contributed by atoms with Crippen LogP contribution in [-0.2, 0) is 5.66 Å². The molecule has 0 atom stereocenters. The van der Waals surface area contributed by atoms with E-state index in [0.717, 1.165) is 6.07 Å². The molecule has 24 heavy (non-hydrogen) atoms. The summed E-state index contributed by atoms with van der Waals surface area (Å²) in [5.41, 5.74) is -5.10. The molecule has 0 aliphatic heterocycles. The second-order valence-electron chi connectivity index (χ2n) is 5.79. The molecule has 0 bridgehead atoms. The zero-order valence-corrected chi connectivity index (χ0v) is 15.4. The van der Waals surface area contributed by atoms with Crippen molar-refractivity contribution in [3.05, 3.63) is 28.4 Å². The number of aliphatic hydroxyl groups is 1. The van der Waals surface area contributed by atoms with E-state index in [2.05, 4.69) is 25.9 Å². The van der Waals surface area contributed by atoms with E-state index in [-0.39, 0.29) is 22.6 Å². The monoisotopic (exact) mass is 424 g/mol. The minimum atomic E-state index is -3.80.